The van der Waals surface area contributed by atoms with E-state index in [1.54, 1.807) is 0 Å². The largest absolute Gasteiger partial charge is 0.394 e. The standard InChI is InChI=1S/C45H89NO8/c1-3-5-7-9-11-13-14-15-16-17-18-19-20-21-22-23-24-25-27-29-31-33-35-41(49)46-38(39(48)34-32-30-28-26-12-10-8-6-4-2)37-53-45-44(52)43(51)42(50)40(36-47)54-45/h38-40,42-45,47-48,50-52H,3-37H2,1-2H3,(H,46,49)/t38-,39+,40+,42+,43?,44?,45+/m0/s1. The second-order valence-electron chi connectivity index (χ2n) is 16.6. The predicted octanol–water partition coefficient (Wildman–Crippen LogP) is 9.56. The Kier molecular flexibility index (Phi) is 34.6. The van der Waals surface area contributed by atoms with Gasteiger partial charge < -0.3 is 40.3 Å². The molecule has 9 nitrogen and oxygen atoms in total. The topological polar surface area (TPSA) is 149 Å². The fourth-order valence-electron chi connectivity index (χ4n) is 7.69. The monoisotopic (exact) mass is 772 g/mol. The molecule has 1 saturated heterocycles. The van der Waals surface area contributed by atoms with Crippen LogP contribution in [-0.4, -0.2) is 87.5 Å². The maximum Gasteiger partial charge on any atom is 0.220 e. The van der Waals surface area contributed by atoms with Crippen LogP contribution in [0.5, 0.6) is 0 Å². The van der Waals surface area contributed by atoms with Crippen LogP contribution >= 0.6 is 0 Å². The fourth-order valence-corrected chi connectivity index (χ4v) is 7.69. The highest BCUT2D eigenvalue weighted by Crippen LogP contribution is 2.23. The summed E-state index contributed by atoms with van der Waals surface area (Å²) in [5.41, 5.74) is 0. The second kappa shape index (κ2) is 36.5. The molecule has 2 unspecified atom stereocenters. The molecular formula is C45H89NO8. The summed E-state index contributed by atoms with van der Waals surface area (Å²) >= 11 is 0. The fraction of sp³-hybridized carbons (Fsp3) is 0.978. The zero-order valence-corrected chi connectivity index (χ0v) is 35.3. The van der Waals surface area contributed by atoms with Crippen molar-refractivity contribution in [1.29, 1.82) is 0 Å². The van der Waals surface area contributed by atoms with Crippen LogP contribution in [0.15, 0.2) is 0 Å². The van der Waals surface area contributed by atoms with Crippen molar-refractivity contribution in [3.8, 4) is 0 Å². The van der Waals surface area contributed by atoms with Gasteiger partial charge in [-0.3, -0.25) is 4.79 Å². The number of hydrogen-bond acceptors (Lipinski definition) is 8. The Balaban J connectivity index is 2.21. The normalized spacial score (nSPS) is 21.4. The Morgan fingerprint density at radius 1 is 0.556 bits per heavy atom. The summed E-state index contributed by atoms with van der Waals surface area (Å²) in [5.74, 6) is -0.142. The van der Waals surface area contributed by atoms with E-state index in [1.807, 2.05) is 0 Å². The van der Waals surface area contributed by atoms with Crippen molar-refractivity contribution >= 4 is 5.91 Å². The van der Waals surface area contributed by atoms with Crippen LogP contribution in [0.3, 0.4) is 0 Å². The molecule has 1 aliphatic heterocycles. The van der Waals surface area contributed by atoms with Crippen LogP contribution in [0, 0.1) is 0 Å². The molecule has 0 spiro atoms. The van der Waals surface area contributed by atoms with Crippen LogP contribution in [0.1, 0.15) is 226 Å². The summed E-state index contributed by atoms with van der Waals surface area (Å²) in [6.45, 7) is 3.82. The number of carbonyl (C=O) groups excluding carboxylic acids is 1. The number of rotatable bonds is 39. The van der Waals surface area contributed by atoms with E-state index in [4.69, 9.17) is 9.47 Å². The van der Waals surface area contributed by atoms with Gasteiger partial charge >= 0.3 is 0 Å². The first kappa shape index (κ1) is 51.2. The van der Waals surface area contributed by atoms with Gasteiger partial charge in [-0.2, -0.15) is 0 Å². The van der Waals surface area contributed by atoms with Crippen LogP contribution < -0.4 is 5.32 Å². The molecule has 54 heavy (non-hydrogen) atoms. The van der Waals surface area contributed by atoms with Crippen molar-refractivity contribution in [2.45, 2.75) is 269 Å². The average Bonchev–Trinajstić information content (AvgIpc) is 3.17. The third-order valence-corrected chi connectivity index (χ3v) is 11.5. The Morgan fingerprint density at radius 2 is 0.926 bits per heavy atom. The summed E-state index contributed by atoms with van der Waals surface area (Å²) in [5, 5.41) is 54.2. The lowest BCUT2D eigenvalue weighted by molar-refractivity contribution is -0.302. The van der Waals surface area contributed by atoms with Gasteiger partial charge in [-0.25, -0.2) is 0 Å². The van der Waals surface area contributed by atoms with Crippen molar-refractivity contribution in [3.63, 3.8) is 0 Å². The molecule has 0 radical (unpaired) electrons. The van der Waals surface area contributed by atoms with E-state index in [2.05, 4.69) is 19.2 Å². The van der Waals surface area contributed by atoms with Gasteiger partial charge in [-0.05, 0) is 12.8 Å². The van der Waals surface area contributed by atoms with Crippen molar-refractivity contribution in [1.82, 2.24) is 5.32 Å². The molecule has 7 atom stereocenters. The number of amides is 1. The van der Waals surface area contributed by atoms with Gasteiger partial charge in [-0.1, -0.05) is 206 Å². The molecule has 0 aliphatic carbocycles. The highest BCUT2D eigenvalue weighted by Gasteiger charge is 2.44. The van der Waals surface area contributed by atoms with Crippen LogP contribution in [0.4, 0.5) is 0 Å². The molecule has 0 bridgehead atoms. The Labute approximate surface area is 332 Å². The first-order chi connectivity index (χ1) is 26.3. The van der Waals surface area contributed by atoms with Crippen molar-refractivity contribution in [2.24, 2.45) is 0 Å². The summed E-state index contributed by atoms with van der Waals surface area (Å²) < 4.78 is 11.2. The smallest absolute Gasteiger partial charge is 0.220 e. The molecule has 0 aromatic heterocycles. The minimum absolute atomic E-state index is 0.133. The Morgan fingerprint density at radius 3 is 1.31 bits per heavy atom. The highest BCUT2D eigenvalue weighted by molar-refractivity contribution is 5.76. The van der Waals surface area contributed by atoms with E-state index in [9.17, 15) is 30.3 Å². The Bertz CT molecular complexity index is 817. The minimum Gasteiger partial charge on any atom is -0.394 e. The number of aliphatic hydroxyl groups is 5. The molecule has 1 fully saturated rings. The lowest BCUT2D eigenvalue weighted by Crippen LogP contribution is -2.60. The summed E-state index contributed by atoms with van der Waals surface area (Å²) in [6, 6.07) is -0.710. The number of unbranched alkanes of at least 4 members (excludes halogenated alkanes) is 29. The number of carbonyl (C=O) groups is 1. The summed E-state index contributed by atoms with van der Waals surface area (Å²) in [6.07, 6.45) is 32.7. The lowest BCUT2D eigenvalue weighted by atomic mass is 9.99. The van der Waals surface area contributed by atoms with Crippen LogP contribution in [0.2, 0.25) is 0 Å². The van der Waals surface area contributed by atoms with E-state index >= 15 is 0 Å². The molecule has 1 aliphatic rings. The van der Waals surface area contributed by atoms with Crippen LogP contribution in [0.25, 0.3) is 0 Å². The van der Waals surface area contributed by atoms with E-state index in [1.165, 1.54) is 161 Å². The van der Waals surface area contributed by atoms with Crippen molar-refractivity contribution < 1.29 is 39.8 Å². The van der Waals surface area contributed by atoms with E-state index in [-0.39, 0.29) is 12.5 Å². The summed E-state index contributed by atoms with van der Waals surface area (Å²) in [7, 11) is 0. The average molecular weight is 772 g/mol. The van der Waals surface area contributed by atoms with E-state index < -0.39 is 49.5 Å². The number of hydrogen-bond donors (Lipinski definition) is 6. The third kappa shape index (κ3) is 26.9. The number of ether oxygens (including phenoxy) is 2. The van der Waals surface area contributed by atoms with Gasteiger partial charge in [0.15, 0.2) is 6.29 Å². The van der Waals surface area contributed by atoms with Gasteiger partial charge in [-0.15, -0.1) is 0 Å². The molecule has 1 rings (SSSR count). The second-order valence-corrected chi connectivity index (χ2v) is 16.6. The maximum atomic E-state index is 12.9. The van der Waals surface area contributed by atoms with E-state index in [0.29, 0.717) is 12.8 Å². The highest BCUT2D eigenvalue weighted by atomic mass is 16.7. The quantitative estimate of drug-likeness (QED) is 0.0339. The predicted molar refractivity (Wildman–Crippen MR) is 221 cm³/mol. The SMILES string of the molecule is CCCCCCCCCCCCCCCCCCCCCCCCC(=O)N[C@@H](CO[C@@H]1O[C@H](CO)[C@@H](O)C(O)C1O)[C@H](O)CCCCCCCCCCC. The first-order valence-corrected chi connectivity index (χ1v) is 23.2. The van der Waals surface area contributed by atoms with Gasteiger partial charge in [0, 0.05) is 6.42 Å². The number of nitrogens with one attached hydrogen (secondary N) is 1. The van der Waals surface area contributed by atoms with Crippen LogP contribution in [-0.2, 0) is 14.3 Å². The van der Waals surface area contributed by atoms with Gasteiger partial charge in [0.25, 0.3) is 0 Å². The zero-order chi connectivity index (χ0) is 39.5. The molecule has 1 heterocycles. The Hall–Kier alpha value is -0.810. The molecule has 322 valence electrons. The lowest BCUT2D eigenvalue weighted by Gasteiger charge is -2.40. The zero-order valence-electron chi connectivity index (χ0n) is 35.3. The molecular weight excluding hydrogens is 682 g/mol. The number of aliphatic hydroxyl groups excluding tert-OH is 5. The third-order valence-electron chi connectivity index (χ3n) is 11.5. The van der Waals surface area contributed by atoms with E-state index in [0.717, 1.165) is 38.5 Å². The minimum atomic E-state index is -1.55. The van der Waals surface area contributed by atoms with Gasteiger partial charge in [0.2, 0.25) is 5.91 Å². The molecule has 0 aromatic rings. The molecule has 6 N–H and O–H groups in total. The molecule has 9 heteroatoms. The summed E-state index contributed by atoms with van der Waals surface area (Å²) in [4.78, 5) is 12.9. The molecule has 0 aromatic carbocycles. The molecule has 0 saturated carbocycles. The van der Waals surface area contributed by atoms with Gasteiger partial charge in [0.1, 0.15) is 24.4 Å². The first-order valence-electron chi connectivity index (χ1n) is 23.2. The molecule has 1 amide bonds. The maximum absolute atomic E-state index is 12.9. The van der Waals surface area contributed by atoms with Gasteiger partial charge in [0.05, 0.1) is 25.4 Å². The van der Waals surface area contributed by atoms with Crippen molar-refractivity contribution in [2.75, 3.05) is 13.2 Å². The van der Waals surface area contributed by atoms with Crippen molar-refractivity contribution in [3.05, 3.63) is 0 Å².